The van der Waals surface area contributed by atoms with Gasteiger partial charge in [0.05, 0.1) is 10.6 Å². The van der Waals surface area contributed by atoms with Gasteiger partial charge < -0.3 is 5.32 Å². The third-order valence-corrected chi connectivity index (χ3v) is 7.16. The van der Waals surface area contributed by atoms with Crippen LogP contribution in [-0.4, -0.2) is 21.4 Å². The highest BCUT2D eigenvalue weighted by atomic mass is 32.2. The van der Waals surface area contributed by atoms with Crippen LogP contribution in [-0.2, 0) is 23.0 Å². The summed E-state index contributed by atoms with van der Waals surface area (Å²) in [5, 5.41) is 4.59. The average molecular weight is 415 g/mol. The fourth-order valence-electron chi connectivity index (χ4n) is 2.76. The van der Waals surface area contributed by atoms with Crippen molar-refractivity contribution in [3.8, 4) is 0 Å². The molecule has 1 heterocycles. The third kappa shape index (κ3) is 4.26. The van der Waals surface area contributed by atoms with E-state index in [9.17, 15) is 13.2 Å². The Labute approximate surface area is 169 Å². The number of sulfonamides is 1. The first-order chi connectivity index (χ1) is 13.4. The van der Waals surface area contributed by atoms with Crippen molar-refractivity contribution in [3.05, 3.63) is 82.0 Å². The highest BCUT2D eigenvalue weighted by Gasteiger charge is 2.25. The number of carbonyl (C=O) groups is 1. The Kier molecular flexibility index (Phi) is 6.16. The van der Waals surface area contributed by atoms with Crippen LogP contribution in [0.3, 0.4) is 0 Å². The monoisotopic (exact) mass is 414 g/mol. The molecule has 0 spiro atoms. The number of thiophene rings is 1. The van der Waals surface area contributed by atoms with Crippen LogP contribution in [0, 0.1) is 0 Å². The van der Waals surface area contributed by atoms with E-state index in [1.807, 2.05) is 24.3 Å². The van der Waals surface area contributed by atoms with Crippen LogP contribution >= 0.6 is 11.3 Å². The topological polar surface area (TPSA) is 66.5 Å². The van der Waals surface area contributed by atoms with Gasteiger partial charge in [0.25, 0.3) is 15.9 Å². The molecular weight excluding hydrogens is 392 g/mol. The SMILES string of the molecule is CCc1ccc(CNC(=O)c2sccc2N(C)S(=O)(=O)c2ccccc2)cc1. The number of aryl methyl sites for hydroxylation is 1. The normalized spacial score (nSPS) is 11.2. The largest absolute Gasteiger partial charge is 0.347 e. The molecule has 1 N–H and O–H groups in total. The van der Waals surface area contributed by atoms with Gasteiger partial charge in [0, 0.05) is 13.6 Å². The van der Waals surface area contributed by atoms with E-state index in [-0.39, 0.29) is 10.8 Å². The molecule has 1 amide bonds. The lowest BCUT2D eigenvalue weighted by atomic mass is 10.1. The molecule has 0 saturated carbocycles. The first-order valence-corrected chi connectivity index (χ1v) is 11.2. The summed E-state index contributed by atoms with van der Waals surface area (Å²) in [6, 6.07) is 17.9. The van der Waals surface area contributed by atoms with E-state index >= 15 is 0 Å². The lowest BCUT2D eigenvalue weighted by Gasteiger charge is -2.19. The van der Waals surface area contributed by atoms with Gasteiger partial charge in [-0.2, -0.15) is 0 Å². The molecule has 7 heteroatoms. The van der Waals surface area contributed by atoms with E-state index in [0.29, 0.717) is 17.1 Å². The molecule has 146 valence electrons. The van der Waals surface area contributed by atoms with E-state index in [1.165, 1.54) is 36.1 Å². The first kappa shape index (κ1) is 20.1. The summed E-state index contributed by atoms with van der Waals surface area (Å²) in [6.45, 7) is 2.48. The quantitative estimate of drug-likeness (QED) is 0.634. The minimum atomic E-state index is -3.73. The van der Waals surface area contributed by atoms with Crippen LogP contribution in [0.25, 0.3) is 0 Å². The van der Waals surface area contributed by atoms with Crippen molar-refractivity contribution in [3.63, 3.8) is 0 Å². The van der Waals surface area contributed by atoms with Gasteiger partial charge in [-0.1, -0.05) is 49.4 Å². The molecule has 3 aromatic rings. The van der Waals surface area contributed by atoms with Crippen LogP contribution < -0.4 is 9.62 Å². The first-order valence-electron chi connectivity index (χ1n) is 8.91. The number of rotatable bonds is 7. The Morgan fingerprint density at radius 2 is 1.64 bits per heavy atom. The zero-order valence-corrected chi connectivity index (χ0v) is 17.4. The summed E-state index contributed by atoms with van der Waals surface area (Å²) in [4.78, 5) is 13.2. The van der Waals surface area contributed by atoms with E-state index in [2.05, 4.69) is 12.2 Å². The lowest BCUT2D eigenvalue weighted by Crippen LogP contribution is -2.29. The summed E-state index contributed by atoms with van der Waals surface area (Å²) in [5.41, 5.74) is 2.60. The molecule has 0 saturated heterocycles. The Hall–Kier alpha value is -2.64. The molecule has 28 heavy (non-hydrogen) atoms. The molecule has 0 aliphatic carbocycles. The molecular formula is C21H22N2O3S2. The van der Waals surface area contributed by atoms with E-state index in [0.717, 1.165) is 16.3 Å². The van der Waals surface area contributed by atoms with Gasteiger partial charge in [-0.05, 0) is 41.1 Å². The minimum Gasteiger partial charge on any atom is -0.347 e. The van der Waals surface area contributed by atoms with Crippen LogP contribution in [0.4, 0.5) is 5.69 Å². The van der Waals surface area contributed by atoms with E-state index < -0.39 is 10.0 Å². The lowest BCUT2D eigenvalue weighted by molar-refractivity contribution is 0.0955. The Bertz CT molecular complexity index is 1040. The molecule has 1 aromatic heterocycles. The molecule has 0 radical (unpaired) electrons. The minimum absolute atomic E-state index is 0.186. The number of nitrogens with one attached hydrogen (secondary N) is 1. The number of benzene rings is 2. The summed E-state index contributed by atoms with van der Waals surface area (Å²) >= 11 is 1.22. The van der Waals surface area contributed by atoms with Crippen LogP contribution in [0.5, 0.6) is 0 Å². The molecule has 3 rings (SSSR count). The molecule has 0 atom stereocenters. The maximum atomic E-state index is 12.8. The predicted octanol–water partition coefficient (Wildman–Crippen LogP) is 4.07. The van der Waals surface area contributed by atoms with Crippen LogP contribution in [0.2, 0.25) is 0 Å². The molecule has 0 aliphatic heterocycles. The second-order valence-electron chi connectivity index (χ2n) is 6.27. The summed E-state index contributed by atoms with van der Waals surface area (Å²) < 4.78 is 26.8. The molecule has 2 aromatic carbocycles. The molecule has 0 fully saturated rings. The van der Waals surface area contributed by atoms with Crippen LogP contribution in [0.1, 0.15) is 27.7 Å². The average Bonchev–Trinajstić information content (AvgIpc) is 3.22. The Balaban J connectivity index is 1.76. The molecule has 0 aliphatic rings. The zero-order valence-electron chi connectivity index (χ0n) is 15.8. The number of hydrogen-bond acceptors (Lipinski definition) is 4. The van der Waals surface area contributed by atoms with E-state index in [1.54, 1.807) is 29.6 Å². The zero-order chi connectivity index (χ0) is 20.1. The maximum absolute atomic E-state index is 12.8. The van der Waals surface area contributed by atoms with Crippen molar-refractivity contribution in [1.29, 1.82) is 0 Å². The van der Waals surface area contributed by atoms with Gasteiger partial charge in [0.2, 0.25) is 0 Å². The molecule has 0 unspecified atom stereocenters. The Morgan fingerprint density at radius 3 is 2.29 bits per heavy atom. The number of hydrogen-bond donors (Lipinski definition) is 1. The van der Waals surface area contributed by atoms with Gasteiger partial charge in [-0.3, -0.25) is 9.10 Å². The van der Waals surface area contributed by atoms with Gasteiger partial charge in [-0.25, -0.2) is 8.42 Å². The summed E-state index contributed by atoms with van der Waals surface area (Å²) in [5.74, 6) is -0.292. The van der Waals surface area contributed by atoms with Crippen molar-refractivity contribution in [1.82, 2.24) is 5.32 Å². The van der Waals surface area contributed by atoms with E-state index in [4.69, 9.17) is 0 Å². The summed E-state index contributed by atoms with van der Waals surface area (Å²) in [6.07, 6.45) is 0.966. The summed E-state index contributed by atoms with van der Waals surface area (Å²) in [7, 11) is -2.27. The number of carbonyl (C=O) groups excluding carboxylic acids is 1. The van der Waals surface area contributed by atoms with Crippen molar-refractivity contribution < 1.29 is 13.2 Å². The fraction of sp³-hybridized carbons (Fsp3) is 0.190. The van der Waals surface area contributed by atoms with Crippen molar-refractivity contribution >= 4 is 33.0 Å². The van der Waals surface area contributed by atoms with Crippen LogP contribution in [0.15, 0.2) is 70.9 Å². The second-order valence-corrected chi connectivity index (χ2v) is 9.16. The number of nitrogens with zero attached hydrogens (tertiary/aromatic N) is 1. The Morgan fingerprint density at radius 1 is 1.00 bits per heavy atom. The van der Waals surface area contributed by atoms with Crippen molar-refractivity contribution in [2.75, 3.05) is 11.4 Å². The highest BCUT2D eigenvalue weighted by molar-refractivity contribution is 7.92. The highest BCUT2D eigenvalue weighted by Crippen LogP contribution is 2.29. The smallest absolute Gasteiger partial charge is 0.264 e. The second kappa shape index (κ2) is 8.58. The van der Waals surface area contributed by atoms with Crippen molar-refractivity contribution in [2.24, 2.45) is 0 Å². The molecule has 0 bridgehead atoms. The third-order valence-electron chi connectivity index (χ3n) is 4.48. The van der Waals surface area contributed by atoms with Gasteiger partial charge in [0.15, 0.2) is 0 Å². The molecule has 5 nitrogen and oxygen atoms in total. The fourth-order valence-corrected chi connectivity index (χ4v) is 4.88. The number of amides is 1. The standard InChI is InChI=1S/C21H22N2O3S2/c1-3-16-9-11-17(12-10-16)15-22-21(24)20-19(13-14-27-20)23(2)28(25,26)18-7-5-4-6-8-18/h4-14H,3,15H2,1-2H3,(H,22,24). The maximum Gasteiger partial charge on any atom is 0.264 e. The van der Waals surface area contributed by atoms with Gasteiger partial charge >= 0.3 is 0 Å². The van der Waals surface area contributed by atoms with Gasteiger partial charge in [-0.15, -0.1) is 11.3 Å². The number of anilines is 1. The van der Waals surface area contributed by atoms with Gasteiger partial charge in [0.1, 0.15) is 4.88 Å². The van der Waals surface area contributed by atoms with Crippen molar-refractivity contribution in [2.45, 2.75) is 24.8 Å². The predicted molar refractivity (Wildman–Crippen MR) is 113 cm³/mol.